The minimum Gasteiger partial charge on any atom is -0.352 e. The van der Waals surface area contributed by atoms with Gasteiger partial charge in [-0.2, -0.15) is 0 Å². The van der Waals surface area contributed by atoms with Crippen LogP contribution in [0.1, 0.15) is 17.0 Å². The molecule has 2 heterocycles. The lowest BCUT2D eigenvalue weighted by molar-refractivity contribution is 0.581. The van der Waals surface area contributed by atoms with Gasteiger partial charge in [0.1, 0.15) is 0 Å². The number of aromatic amines is 2. The molecule has 0 amide bonds. The highest BCUT2D eigenvalue weighted by Crippen LogP contribution is 2.16. The van der Waals surface area contributed by atoms with Crippen molar-refractivity contribution in [2.75, 3.05) is 6.54 Å². The minimum absolute atomic E-state index is 0.131. The standard InChI is InChI=1S/C16H20N4O3S/c1-10-8-12(11(2)20(10)3)6-7-17-24(22,23)13-4-5-14-15(9-13)19-16(21)18-14/h4-5,8-9,17H,6-7H2,1-3H3,(H2,18,19,21). The zero-order chi connectivity index (χ0) is 17.5. The van der Waals surface area contributed by atoms with Gasteiger partial charge in [0.2, 0.25) is 10.0 Å². The van der Waals surface area contributed by atoms with E-state index in [-0.39, 0.29) is 10.6 Å². The van der Waals surface area contributed by atoms with Gasteiger partial charge in [-0.25, -0.2) is 17.9 Å². The summed E-state index contributed by atoms with van der Waals surface area (Å²) in [5, 5.41) is 0. The van der Waals surface area contributed by atoms with Crippen molar-refractivity contribution in [2.45, 2.75) is 25.2 Å². The zero-order valence-corrected chi connectivity index (χ0v) is 14.6. The molecule has 3 N–H and O–H groups in total. The summed E-state index contributed by atoms with van der Waals surface area (Å²) in [6.45, 7) is 4.36. The second kappa shape index (κ2) is 5.95. The van der Waals surface area contributed by atoms with Crippen LogP contribution in [0, 0.1) is 13.8 Å². The van der Waals surface area contributed by atoms with Crippen LogP contribution in [-0.4, -0.2) is 29.5 Å². The lowest BCUT2D eigenvalue weighted by atomic mass is 10.2. The predicted octanol–water partition coefficient (Wildman–Crippen LogP) is 1.33. The van der Waals surface area contributed by atoms with Crippen LogP contribution in [0.5, 0.6) is 0 Å². The van der Waals surface area contributed by atoms with E-state index in [2.05, 4.69) is 25.3 Å². The fourth-order valence-electron chi connectivity index (χ4n) is 2.77. The molecule has 0 aliphatic heterocycles. The quantitative estimate of drug-likeness (QED) is 0.648. The van der Waals surface area contributed by atoms with E-state index in [0.29, 0.717) is 24.0 Å². The SMILES string of the molecule is Cc1cc(CCNS(=O)(=O)c2ccc3[nH]c(=O)[nH]c3c2)c(C)n1C. The molecule has 0 spiro atoms. The predicted molar refractivity (Wildman–Crippen MR) is 92.7 cm³/mol. The van der Waals surface area contributed by atoms with Gasteiger partial charge in [0.25, 0.3) is 0 Å². The van der Waals surface area contributed by atoms with Crippen LogP contribution in [0.15, 0.2) is 34.0 Å². The summed E-state index contributed by atoms with van der Waals surface area (Å²) in [6.07, 6.45) is 0.621. The molecule has 0 aliphatic rings. The van der Waals surface area contributed by atoms with Gasteiger partial charge in [0, 0.05) is 25.0 Å². The fourth-order valence-corrected chi connectivity index (χ4v) is 3.83. The van der Waals surface area contributed by atoms with E-state index in [4.69, 9.17) is 0 Å². The first-order valence-corrected chi connectivity index (χ1v) is 9.10. The van der Waals surface area contributed by atoms with Crippen LogP contribution in [0.3, 0.4) is 0 Å². The molecule has 8 heteroatoms. The van der Waals surface area contributed by atoms with E-state index < -0.39 is 10.0 Å². The summed E-state index contributed by atoms with van der Waals surface area (Å²) in [5.41, 5.74) is 4.10. The Labute approximate surface area is 139 Å². The van der Waals surface area contributed by atoms with Crippen LogP contribution >= 0.6 is 0 Å². The van der Waals surface area contributed by atoms with E-state index >= 15 is 0 Å². The van der Waals surface area contributed by atoms with E-state index in [0.717, 1.165) is 17.0 Å². The molecular weight excluding hydrogens is 328 g/mol. The maximum atomic E-state index is 12.4. The van der Waals surface area contributed by atoms with Crippen molar-refractivity contribution in [2.24, 2.45) is 7.05 Å². The van der Waals surface area contributed by atoms with Crippen molar-refractivity contribution in [3.63, 3.8) is 0 Å². The number of imidazole rings is 1. The van der Waals surface area contributed by atoms with E-state index in [1.807, 2.05) is 20.9 Å². The van der Waals surface area contributed by atoms with Gasteiger partial charge < -0.3 is 14.5 Å². The topological polar surface area (TPSA) is 99.8 Å². The number of H-pyrrole nitrogens is 2. The molecule has 1 aromatic carbocycles. The summed E-state index contributed by atoms with van der Waals surface area (Å²) in [7, 11) is -1.63. The van der Waals surface area contributed by atoms with Crippen LogP contribution < -0.4 is 10.4 Å². The smallest absolute Gasteiger partial charge is 0.323 e. The van der Waals surface area contributed by atoms with Crippen LogP contribution in [0.25, 0.3) is 11.0 Å². The molecular formula is C16H20N4O3S. The molecule has 0 radical (unpaired) electrons. The minimum atomic E-state index is -3.62. The van der Waals surface area contributed by atoms with Gasteiger partial charge in [-0.3, -0.25) is 0 Å². The van der Waals surface area contributed by atoms with Crippen molar-refractivity contribution >= 4 is 21.1 Å². The first-order valence-electron chi connectivity index (χ1n) is 7.61. The average molecular weight is 348 g/mol. The molecule has 3 aromatic rings. The Morgan fingerprint density at radius 3 is 2.50 bits per heavy atom. The van der Waals surface area contributed by atoms with Gasteiger partial charge in [-0.15, -0.1) is 0 Å². The molecule has 0 fully saturated rings. The van der Waals surface area contributed by atoms with Crippen LogP contribution in [0.4, 0.5) is 0 Å². The van der Waals surface area contributed by atoms with Gasteiger partial charge >= 0.3 is 5.69 Å². The number of nitrogens with one attached hydrogen (secondary N) is 3. The molecule has 0 bridgehead atoms. The number of hydrogen-bond acceptors (Lipinski definition) is 3. The Kier molecular flexibility index (Phi) is 4.10. The Hall–Kier alpha value is -2.32. The van der Waals surface area contributed by atoms with Crippen molar-refractivity contribution < 1.29 is 8.42 Å². The van der Waals surface area contributed by atoms with Gasteiger partial charge in [-0.05, 0) is 50.1 Å². The van der Waals surface area contributed by atoms with Crippen LogP contribution in [0.2, 0.25) is 0 Å². The lowest BCUT2D eigenvalue weighted by Crippen LogP contribution is -2.26. The number of sulfonamides is 1. The van der Waals surface area contributed by atoms with Crippen molar-refractivity contribution in [3.05, 3.63) is 51.7 Å². The number of aryl methyl sites for hydroxylation is 1. The summed E-state index contributed by atoms with van der Waals surface area (Å²) >= 11 is 0. The first kappa shape index (κ1) is 16.5. The molecule has 0 atom stereocenters. The third-order valence-electron chi connectivity index (χ3n) is 4.36. The lowest BCUT2D eigenvalue weighted by Gasteiger charge is -2.07. The van der Waals surface area contributed by atoms with Crippen LogP contribution in [-0.2, 0) is 23.5 Å². The van der Waals surface area contributed by atoms with Crippen molar-refractivity contribution in [1.29, 1.82) is 0 Å². The molecule has 0 unspecified atom stereocenters. The molecule has 0 saturated carbocycles. The third-order valence-corrected chi connectivity index (χ3v) is 5.82. The highest BCUT2D eigenvalue weighted by Gasteiger charge is 2.15. The number of nitrogens with zero attached hydrogens (tertiary/aromatic N) is 1. The maximum absolute atomic E-state index is 12.4. The number of aromatic nitrogens is 3. The Balaban J connectivity index is 1.75. The van der Waals surface area contributed by atoms with E-state index in [9.17, 15) is 13.2 Å². The molecule has 0 aliphatic carbocycles. The van der Waals surface area contributed by atoms with E-state index in [1.165, 1.54) is 12.1 Å². The Morgan fingerprint density at radius 1 is 1.12 bits per heavy atom. The second-order valence-corrected chi connectivity index (χ2v) is 7.66. The molecule has 7 nitrogen and oxygen atoms in total. The molecule has 128 valence electrons. The van der Waals surface area contributed by atoms with Gasteiger partial charge in [0.05, 0.1) is 15.9 Å². The zero-order valence-electron chi connectivity index (χ0n) is 13.8. The largest absolute Gasteiger partial charge is 0.352 e. The summed E-state index contributed by atoms with van der Waals surface area (Å²) in [4.78, 5) is 16.5. The number of benzene rings is 1. The normalized spacial score (nSPS) is 12.1. The number of rotatable bonds is 5. The fraction of sp³-hybridized carbons (Fsp3) is 0.312. The number of fused-ring (bicyclic) bond motifs is 1. The summed E-state index contributed by atoms with van der Waals surface area (Å²) in [5.74, 6) is 0. The van der Waals surface area contributed by atoms with Gasteiger partial charge in [0.15, 0.2) is 0 Å². The Bertz CT molecular complexity index is 1060. The third kappa shape index (κ3) is 3.02. The monoisotopic (exact) mass is 348 g/mol. The molecule has 3 rings (SSSR count). The average Bonchev–Trinajstić information content (AvgIpc) is 3.01. The highest BCUT2D eigenvalue weighted by atomic mass is 32.2. The summed E-state index contributed by atoms with van der Waals surface area (Å²) in [6, 6.07) is 6.58. The van der Waals surface area contributed by atoms with Crippen molar-refractivity contribution in [3.8, 4) is 0 Å². The molecule has 0 saturated heterocycles. The maximum Gasteiger partial charge on any atom is 0.323 e. The Morgan fingerprint density at radius 2 is 1.83 bits per heavy atom. The first-order chi connectivity index (χ1) is 11.3. The van der Waals surface area contributed by atoms with Gasteiger partial charge in [-0.1, -0.05) is 0 Å². The molecule has 24 heavy (non-hydrogen) atoms. The number of hydrogen-bond donors (Lipinski definition) is 3. The van der Waals surface area contributed by atoms with Crippen molar-refractivity contribution in [1.82, 2.24) is 19.3 Å². The summed E-state index contributed by atoms with van der Waals surface area (Å²) < 4.78 is 29.5. The molecule has 2 aromatic heterocycles. The van der Waals surface area contributed by atoms with E-state index in [1.54, 1.807) is 6.07 Å². The highest BCUT2D eigenvalue weighted by molar-refractivity contribution is 7.89. The second-order valence-electron chi connectivity index (χ2n) is 5.89.